The van der Waals surface area contributed by atoms with Gasteiger partial charge in [0.25, 0.3) is 0 Å². The molecule has 4 rings (SSSR count). The molecule has 1 aliphatic heterocycles. The number of para-hydroxylation sites is 1. The second-order valence-electron chi connectivity index (χ2n) is 8.03. The lowest BCUT2D eigenvalue weighted by atomic mass is 9.89. The maximum atomic E-state index is 13.2. The van der Waals surface area contributed by atoms with Gasteiger partial charge in [0.1, 0.15) is 11.3 Å². The Morgan fingerprint density at radius 2 is 1.94 bits per heavy atom. The minimum absolute atomic E-state index is 0.00369. The van der Waals surface area contributed by atoms with Crippen LogP contribution in [0.15, 0.2) is 66.7 Å². The highest BCUT2D eigenvalue weighted by molar-refractivity contribution is 5.87. The molecule has 0 aliphatic carbocycles. The SMILES string of the molecule is CNC(=O)[C@]1(c2cccc(C)n2)CCCN1Cc1cccc(-c2ccccc2OC)c1. The van der Waals surface area contributed by atoms with Crippen molar-refractivity contribution in [3.63, 3.8) is 0 Å². The number of carbonyl (C=O) groups is 1. The number of nitrogens with zero attached hydrogens (tertiary/aromatic N) is 2. The number of benzene rings is 2. The molecule has 1 N–H and O–H groups in total. The topological polar surface area (TPSA) is 54.5 Å². The van der Waals surface area contributed by atoms with Gasteiger partial charge in [-0.2, -0.15) is 0 Å². The van der Waals surface area contributed by atoms with Gasteiger partial charge in [-0.25, -0.2) is 0 Å². The van der Waals surface area contributed by atoms with E-state index in [9.17, 15) is 4.79 Å². The van der Waals surface area contributed by atoms with E-state index in [2.05, 4.69) is 40.5 Å². The molecule has 0 unspecified atom stereocenters. The van der Waals surface area contributed by atoms with Crippen molar-refractivity contribution in [3.8, 4) is 16.9 Å². The molecule has 1 amide bonds. The molecule has 1 saturated heterocycles. The number of likely N-dealkylation sites (N-methyl/N-ethyl adjacent to an activating group) is 1. The fraction of sp³-hybridized carbons (Fsp3) is 0.308. The summed E-state index contributed by atoms with van der Waals surface area (Å²) in [7, 11) is 3.40. The van der Waals surface area contributed by atoms with Crippen molar-refractivity contribution >= 4 is 5.91 Å². The lowest BCUT2D eigenvalue weighted by molar-refractivity contribution is -0.132. The average Bonchev–Trinajstić information content (AvgIpc) is 3.23. The molecule has 5 heteroatoms. The van der Waals surface area contributed by atoms with Gasteiger partial charge in [0.15, 0.2) is 0 Å². The molecule has 0 bridgehead atoms. The number of hydrogen-bond donors (Lipinski definition) is 1. The normalized spacial score (nSPS) is 18.7. The third-order valence-electron chi connectivity index (χ3n) is 6.14. The molecule has 1 aromatic heterocycles. The van der Waals surface area contributed by atoms with Crippen LogP contribution in [0.1, 0.15) is 29.8 Å². The Morgan fingerprint density at radius 1 is 1.13 bits per heavy atom. The number of rotatable bonds is 6. The first kappa shape index (κ1) is 21.1. The monoisotopic (exact) mass is 415 g/mol. The number of aryl methyl sites for hydroxylation is 1. The van der Waals surface area contributed by atoms with Crippen LogP contribution in [0, 0.1) is 6.92 Å². The zero-order chi connectivity index (χ0) is 21.8. The molecule has 31 heavy (non-hydrogen) atoms. The van der Waals surface area contributed by atoms with E-state index >= 15 is 0 Å². The first-order valence-corrected chi connectivity index (χ1v) is 10.7. The van der Waals surface area contributed by atoms with E-state index in [1.54, 1.807) is 14.2 Å². The smallest absolute Gasteiger partial charge is 0.246 e. The van der Waals surface area contributed by atoms with Crippen LogP contribution < -0.4 is 10.1 Å². The highest BCUT2D eigenvalue weighted by Gasteiger charge is 2.49. The van der Waals surface area contributed by atoms with Crippen LogP contribution in [0.4, 0.5) is 0 Å². The van der Waals surface area contributed by atoms with Crippen LogP contribution in [0.5, 0.6) is 5.75 Å². The van der Waals surface area contributed by atoms with Crippen molar-refractivity contribution in [1.82, 2.24) is 15.2 Å². The Balaban J connectivity index is 1.70. The third-order valence-corrected chi connectivity index (χ3v) is 6.14. The van der Waals surface area contributed by atoms with Crippen LogP contribution in [-0.2, 0) is 16.9 Å². The number of carbonyl (C=O) groups excluding carboxylic acids is 1. The van der Waals surface area contributed by atoms with E-state index in [1.165, 1.54) is 0 Å². The molecule has 1 atom stereocenters. The Bertz CT molecular complexity index is 1080. The van der Waals surface area contributed by atoms with E-state index in [0.717, 1.165) is 53.2 Å². The maximum Gasteiger partial charge on any atom is 0.246 e. The van der Waals surface area contributed by atoms with Gasteiger partial charge in [-0.1, -0.05) is 42.5 Å². The first-order chi connectivity index (χ1) is 15.1. The van der Waals surface area contributed by atoms with Crippen molar-refractivity contribution in [2.45, 2.75) is 31.8 Å². The molecule has 0 radical (unpaired) electrons. The molecule has 0 spiro atoms. The summed E-state index contributed by atoms with van der Waals surface area (Å²) >= 11 is 0. The highest BCUT2D eigenvalue weighted by Crippen LogP contribution is 2.40. The summed E-state index contributed by atoms with van der Waals surface area (Å²) in [4.78, 5) is 20.2. The second kappa shape index (κ2) is 8.90. The van der Waals surface area contributed by atoms with Gasteiger partial charge in [0, 0.05) is 24.8 Å². The Labute approximate surface area is 184 Å². The van der Waals surface area contributed by atoms with Gasteiger partial charge in [0.2, 0.25) is 5.91 Å². The van der Waals surface area contributed by atoms with Crippen LogP contribution in [0.2, 0.25) is 0 Å². The fourth-order valence-electron chi connectivity index (χ4n) is 4.67. The Hall–Kier alpha value is -3.18. The third kappa shape index (κ3) is 3.93. The zero-order valence-electron chi connectivity index (χ0n) is 18.4. The number of pyridine rings is 1. The summed E-state index contributed by atoms with van der Waals surface area (Å²) in [6, 6.07) is 22.4. The number of nitrogens with one attached hydrogen (secondary N) is 1. The summed E-state index contributed by atoms with van der Waals surface area (Å²) in [6.07, 6.45) is 1.71. The predicted octanol–water partition coefficient (Wildman–Crippen LogP) is 4.30. The molecule has 1 fully saturated rings. The first-order valence-electron chi connectivity index (χ1n) is 10.7. The number of amides is 1. The van der Waals surface area contributed by atoms with Crippen molar-refractivity contribution in [2.75, 3.05) is 20.7 Å². The van der Waals surface area contributed by atoms with Gasteiger partial charge in [-0.05, 0) is 61.7 Å². The van der Waals surface area contributed by atoms with Crippen LogP contribution >= 0.6 is 0 Å². The maximum absolute atomic E-state index is 13.2. The van der Waals surface area contributed by atoms with E-state index in [0.29, 0.717) is 6.54 Å². The van der Waals surface area contributed by atoms with Gasteiger partial charge >= 0.3 is 0 Å². The molecular formula is C26H29N3O2. The lowest BCUT2D eigenvalue weighted by Crippen LogP contribution is -2.52. The summed E-state index contributed by atoms with van der Waals surface area (Å²) in [6.45, 7) is 3.49. The standard InChI is InChI=1S/C26H29N3O2/c1-19-9-6-14-24(28-19)26(25(30)27-2)15-8-16-29(26)18-20-10-7-11-21(17-20)22-12-4-5-13-23(22)31-3/h4-7,9-14,17H,8,15-16,18H2,1-3H3,(H,27,30)/t26-/m1/s1. The Kier molecular flexibility index (Phi) is 6.05. The van der Waals surface area contributed by atoms with E-state index in [1.807, 2.05) is 43.3 Å². The highest BCUT2D eigenvalue weighted by atomic mass is 16.5. The van der Waals surface area contributed by atoms with Crippen molar-refractivity contribution in [1.29, 1.82) is 0 Å². The Morgan fingerprint density at radius 3 is 2.71 bits per heavy atom. The van der Waals surface area contributed by atoms with Gasteiger partial charge < -0.3 is 10.1 Å². The number of likely N-dealkylation sites (tertiary alicyclic amines) is 1. The zero-order valence-corrected chi connectivity index (χ0v) is 18.4. The summed E-state index contributed by atoms with van der Waals surface area (Å²) in [5.41, 5.74) is 4.32. The minimum Gasteiger partial charge on any atom is -0.496 e. The molecule has 2 aromatic carbocycles. The molecule has 0 saturated carbocycles. The van der Waals surface area contributed by atoms with Crippen LogP contribution in [0.25, 0.3) is 11.1 Å². The molecular weight excluding hydrogens is 386 g/mol. The van der Waals surface area contributed by atoms with Crippen molar-refractivity contribution in [2.24, 2.45) is 0 Å². The number of aromatic nitrogens is 1. The van der Waals surface area contributed by atoms with Gasteiger partial charge in [-0.3, -0.25) is 14.7 Å². The second-order valence-corrected chi connectivity index (χ2v) is 8.03. The van der Waals surface area contributed by atoms with Crippen molar-refractivity contribution in [3.05, 3.63) is 83.7 Å². The average molecular weight is 416 g/mol. The molecule has 3 aromatic rings. The van der Waals surface area contributed by atoms with Crippen LogP contribution in [-0.4, -0.2) is 36.5 Å². The summed E-state index contributed by atoms with van der Waals surface area (Å²) in [5.74, 6) is 0.855. The summed E-state index contributed by atoms with van der Waals surface area (Å²) in [5, 5.41) is 2.90. The number of ether oxygens (including phenoxy) is 1. The van der Waals surface area contributed by atoms with Gasteiger partial charge in [0.05, 0.1) is 12.8 Å². The molecule has 2 heterocycles. The van der Waals surface area contributed by atoms with E-state index in [-0.39, 0.29) is 5.91 Å². The minimum atomic E-state index is -0.749. The van der Waals surface area contributed by atoms with Crippen LogP contribution in [0.3, 0.4) is 0 Å². The summed E-state index contributed by atoms with van der Waals surface area (Å²) < 4.78 is 5.55. The van der Waals surface area contributed by atoms with E-state index in [4.69, 9.17) is 9.72 Å². The van der Waals surface area contributed by atoms with E-state index < -0.39 is 5.54 Å². The molecule has 1 aliphatic rings. The lowest BCUT2D eigenvalue weighted by Gasteiger charge is -2.36. The van der Waals surface area contributed by atoms with Crippen molar-refractivity contribution < 1.29 is 9.53 Å². The molecule has 160 valence electrons. The predicted molar refractivity (Wildman–Crippen MR) is 123 cm³/mol. The number of methoxy groups -OCH3 is 1. The fourth-order valence-corrected chi connectivity index (χ4v) is 4.67. The van der Waals surface area contributed by atoms with Gasteiger partial charge in [-0.15, -0.1) is 0 Å². The largest absolute Gasteiger partial charge is 0.496 e. The number of hydrogen-bond acceptors (Lipinski definition) is 4. The molecule has 5 nitrogen and oxygen atoms in total. The quantitative estimate of drug-likeness (QED) is 0.652.